The third-order valence-corrected chi connectivity index (χ3v) is 7.13. The zero-order valence-electron chi connectivity index (χ0n) is 31.0. The van der Waals surface area contributed by atoms with Crippen LogP contribution in [-0.4, -0.2) is 67.8 Å². The molecule has 0 spiro atoms. The van der Waals surface area contributed by atoms with E-state index in [1.165, 1.54) is 6.92 Å². The Balaban J connectivity index is 2.19. The van der Waals surface area contributed by atoms with Gasteiger partial charge < -0.3 is 30.3 Å². The molecule has 0 aliphatic heterocycles. The number of nitriles is 2. The average Bonchev–Trinajstić information content (AvgIpc) is 3.04. The van der Waals surface area contributed by atoms with Crippen molar-refractivity contribution in [3.63, 3.8) is 0 Å². The number of carbonyl (C=O) groups is 4. The van der Waals surface area contributed by atoms with Crippen LogP contribution in [0.5, 0.6) is 0 Å². The van der Waals surface area contributed by atoms with Crippen molar-refractivity contribution in [1.82, 2.24) is 16.0 Å². The van der Waals surface area contributed by atoms with Gasteiger partial charge in [-0.1, -0.05) is 36.4 Å². The molecule has 0 saturated heterocycles. The molecule has 51 heavy (non-hydrogen) atoms. The monoisotopic (exact) mass is 698 g/mol. The van der Waals surface area contributed by atoms with Gasteiger partial charge in [0.15, 0.2) is 0 Å². The van der Waals surface area contributed by atoms with E-state index in [2.05, 4.69) is 16.0 Å². The van der Waals surface area contributed by atoms with Gasteiger partial charge in [0.2, 0.25) is 5.91 Å². The molecule has 3 amide bonds. The molecule has 272 valence electrons. The molecular formula is C39H50N6O6. The van der Waals surface area contributed by atoms with Crippen molar-refractivity contribution in [2.45, 2.75) is 91.0 Å². The topological polar surface area (TPSA) is 174 Å². The van der Waals surface area contributed by atoms with Crippen LogP contribution in [-0.2, 0) is 19.1 Å². The molecule has 0 bridgehead atoms. The minimum absolute atomic E-state index is 0.0363. The molecule has 0 saturated carbocycles. The number of amides is 3. The van der Waals surface area contributed by atoms with E-state index in [-0.39, 0.29) is 12.0 Å². The fourth-order valence-corrected chi connectivity index (χ4v) is 4.59. The second kappa shape index (κ2) is 19.0. The van der Waals surface area contributed by atoms with E-state index in [0.29, 0.717) is 41.6 Å². The maximum atomic E-state index is 13.3. The molecule has 2 rings (SSSR count). The number of allylic oxidation sites excluding steroid dienone is 3. The Morgan fingerprint density at radius 1 is 0.824 bits per heavy atom. The largest absolute Gasteiger partial charge is 0.458 e. The van der Waals surface area contributed by atoms with Crippen LogP contribution >= 0.6 is 0 Å². The minimum Gasteiger partial charge on any atom is -0.458 e. The molecule has 3 N–H and O–H groups in total. The SMILES string of the molecule is C[C@H](NC(=O)[C@H](CCCCNC(=O)OC(C)(C)C)NC(=O)c1ccc(/C=C/C(=C(C#N)C#N)c2ccc(N(C)C)cc2)cc1)C(=O)OC(C)(C)C. The highest BCUT2D eigenvalue weighted by molar-refractivity contribution is 5.98. The smallest absolute Gasteiger partial charge is 0.407 e. The molecule has 2 atom stereocenters. The lowest BCUT2D eigenvalue weighted by molar-refractivity contribution is -0.158. The van der Waals surface area contributed by atoms with Gasteiger partial charge in [-0.25, -0.2) is 9.59 Å². The van der Waals surface area contributed by atoms with E-state index >= 15 is 0 Å². The zero-order chi connectivity index (χ0) is 38.4. The highest BCUT2D eigenvalue weighted by Crippen LogP contribution is 2.24. The lowest BCUT2D eigenvalue weighted by Crippen LogP contribution is -2.51. The Bertz CT molecular complexity index is 1650. The van der Waals surface area contributed by atoms with Crippen molar-refractivity contribution in [2.75, 3.05) is 25.5 Å². The summed E-state index contributed by atoms with van der Waals surface area (Å²) >= 11 is 0. The number of rotatable bonds is 14. The number of benzene rings is 2. The van der Waals surface area contributed by atoms with Gasteiger partial charge in [-0.05, 0) is 103 Å². The summed E-state index contributed by atoms with van der Waals surface area (Å²) in [6, 6.07) is 16.1. The second-order valence-electron chi connectivity index (χ2n) is 14.1. The molecule has 0 unspecified atom stereocenters. The summed E-state index contributed by atoms with van der Waals surface area (Å²) < 4.78 is 10.6. The van der Waals surface area contributed by atoms with Crippen molar-refractivity contribution in [3.8, 4) is 12.1 Å². The molecule has 0 aliphatic carbocycles. The Kier molecular flexibility index (Phi) is 15.4. The van der Waals surface area contributed by atoms with Gasteiger partial charge in [-0.2, -0.15) is 10.5 Å². The first-order valence-corrected chi connectivity index (χ1v) is 16.7. The first kappa shape index (κ1) is 41.6. The van der Waals surface area contributed by atoms with Gasteiger partial charge in [-0.3, -0.25) is 9.59 Å². The number of hydrogen-bond donors (Lipinski definition) is 3. The van der Waals surface area contributed by atoms with E-state index in [0.717, 1.165) is 5.69 Å². The predicted molar refractivity (Wildman–Crippen MR) is 197 cm³/mol. The standard InChI is InChI=1S/C39H50N6O6/c1-26(36(48)50-38(2,3)4)43-35(47)33(12-10-11-23-42-37(49)51-39(5,6)7)44-34(46)29-16-13-27(14-17-29)15-22-32(30(24-40)25-41)28-18-20-31(21-19-28)45(8)9/h13-22,26,33H,10-12,23H2,1-9H3,(H,42,49)(H,43,47)(H,44,46)/b22-15+/t26-,33-/m0/s1. The van der Waals surface area contributed by atoms with Crippen LogP contribution in [0.25, 0.3) is 11.6 Å². The first-order valence-electron chi connectivity index (χ1n) is 16.7. The van der Waals surface area contributed by atoms with Crippen LogP contribution in [0.2, 0.25) is 0 Å². The van der Waals surface area contributed by atoms with Crippen LogP contribution in [0.3, 0.4) is 0 Å². The fourth-order valence-electron chi connectivity index (χ4n) is 4.59. The van der Waals surface area contributed by atoms with E-state index in [4.69, 9.17) is 9.47 Å². The summed E-state index contributed by atoms with van der Waals surface area (Å²) in [6.07, 6.45) is 4.10. The van der Waals surface area contributed by atoms with Gasteiger partial charge >= 0.3 is 12.1 Å². The van der Waals surface area contributed by atoms with Crippen LogP contribution in [0.4, 0.5) is 10.5 Å². The third-order valence-electron chi connectivity index (χ3n) is 7.13. The van der Waals surface area contributed by atoms with Crippen molar-refractivity contribution in [2.24, 2.45) is 0 Å². The van der Waals surface area contributed by atoms with E-state index in [1.54, 1.807) is 78.0 Å². The van der Waals surface area contributed by atoms with Crippen LogP contribution in [0.1, 0.15) is 89.2 Å². The summed E-state index contributed by atoms with van der Waals surface area (Å²) in [6.45, 7) is 12.3. The number of nitrogens with zero attached hydrogens (tertiary/aromatic N) is 3. The van der Waals surface area contributed by atoms with Crippen molar-refractivity contribution in [3.05, 3.63) is 76.9 Å². The molecule has 0 fully saturated rings. The van der Waals surface area contributed by atoms with Crippen molar-refractivity contribution in [1.29, 1.82) is 10.5 Å². The zero-order valence-corrected chi connectivity index (χ0v) is 31.0. The van der Waals surface area contributed by atoms with Crippen LogP contribution in [0, 0.1) is 22.7 Å². The molecule has 2 aromatic carbocycles. The Morgan fingerprint density at radius 2 is 1.39 bits per heavy atom. The van der Waals surface area contributed by atoms with E-state index < -0.39 is 47.2 Å². The molecule has 12 nitrogen and oxygen atoms in total. The lowest BCUT2D eigenvalue weighted by Gasteiger charge is -2.24. The normalized spacial score (nSPS) is 12.4. The van der Waals surface area contributed by atoms with Gasteiger partial charge in [0, 0.05) is 37.5 Å². The van der Waals surface area contributed by atoms with Crippen LogP contribution in [0.15, 0.2) is 60.2 Å². The summed E-state index contributed by atoms with van der Waals surface area (Å²) in [7, 11) is 3.84. The number of ether oxygens (including phenoxy) is 2. The van der Waals surface area contributed by atoms with Crippen molar-refractivity contribution < 1.29 is 28.7 Å². The maximum absolute atomic E-state index is 13.3. The van der Waals surface area contributed by atoms with Crippen LogP contribution < -0.4 is 20.9 Å². The predicted octanol–water partition coefficient (Wildman–Crippen LogP) is 5.91. The highest BCUT2D eigenvalue weighted by Gasteiger charge is 2.27. The number of carbonyl (C=O) groups excluding carboxylic acids is 4. The van der Waals surface area contributed by atoms with Gasteiger partial charge in [0.25, 0.3) is 5.91 Å². The minimum atomic E-state index is -0.981. The number of anilines is 1. The first-order chi connectivity index (χ1) is 23.8. The Morgan fingerprint density at radius 3 is 1.92 bits per heavy atom. The summed E-state index contributed by atoms with van der Waals surface area (Å²) in [5, 5.41) is 27.2. The second-order valence-corrected chi connectivity index (χ2v) is 14.1. The van der Waals surface area contributed by atoms with Gasteiger partial charge in [0.1, 0.15) is 41.0 Å². The Labute approximate surface area is 301 Å². The number of hydrogen-bond acceptors (Lipinski definition) is 9. The van der Waals surface area contributed by atoms with Crippen molar-refractivity contribution >= 4 is 41.2 Å². The van der Waals surface area contributed by atoms with E-state index in [9.17, 15) is 29.7 Å². The molecular weight excluding hydrogens is 648 g/mol. The summed E-state index contributed by atoms with van der Waals surface area (Å²) in [4.78, 5) is 53.1. The highest BCUT2D eigenvalue weighted by atomic mass is 16.6. The quantitative estimate of drug-likeness (QED) is 0.0939. The number of nitrogens with one attached hydrogen (secondary N) is 3. The van der Waals surface area contributed by atoms with E-state index in [1.807, 2.05) is 55.4 Å². The molecule has 2 aromatic rings. The molecule has 12 heteroatoms. The van der Waals surface area contributed by atoms with Gasteiger partial charge in [0.05, 0.1) is 0 Å². The molecule has 0 aromatic heterocycles. The summed E-state index contributed by atoms with van der Waals surface area (Å²) in [5.41, 5.74) is 1.73. The third kappa shape index (κ3) is 14.8. The summed E-state index contributed by atoms with van der Waals surface area (Å²) in [5.74, 6) is -1.66. The number of esters is 1. The number of alkyl carbamates (subject to hydrolysis) is 1. The molecule has 0 heterocycles. The van der Waals surface area contributed by atoms with Gasteiger partial charge in [-0.15, -0.1) is 0 Å². The molecule has 0 radical (unpaired) electrons. The number of unbranched alkanes of at least 4 members (excludes halogenated alkanes) is 1. The maximum Gasteiger partial charge on any atom is 0.407 e. The Hall–Kier alpha value is -5.62. The lowest BCUT2D eigenvalue weighted by atomic mass is 9.99. The molecule has 0 aliphatic rings. The fraction of sp³-hybridized carbons (Fsp3) is 0.436. The average molecular weight is 699 g/mol.